The van der Waals surface area contributed by atoms with Gasteiger partial charge in [0.15, 0.2) is 12.2 Å². The summed E-state index contributed by atoms with van der Waals surface area (Å²) < 4.78 is 33.1. The summed E-state index contributed by atoms with van der Waals surface area (Å²) in [6.45, 7) is 5.89. The standard InChI is InChI=1S/C25H32O11S/c1-6-37-25(24(30)32-13-19-10-8-7-9-11-19)12-20(33-16(3)27)22(35-18(5)29)23(36-25)21(34-17(4)28)14-31-15(2)26/h7-11,20-23H,6,12-14H2,1-5H3/t20-,21-,22-,23?,25?/m1/s1. The lowest BCUT2D eigenvalue weighted by atomic mass is 9.93. The van der Waals surface area contributed by atoms with Crippen molar-refractivity contribution in [3.05, 3.63) is 35.9 Å². The zero-order valence-corrected chi connectivity index (χ0v) is 22.2. The molecule has 1 saturated heterocycles. The molecular weight excluding hydrogens is 508 g/mol. The normalized spacial score (nSPS) is 23.8. The number of rotatable bonds is 11. The van der Waals surface area contributed by atoms with Crippen LogP contribution >= 0.6 is 11.8 Å². The number of esters is 5. The highest BCUT2D eigenvalue weighted by atomic mass is 32.2. The molecule has 204 valence electrons. The quantitative estimate of drug-likeness (QED) is 0.300. The van der Waals surface area contributed by atoms with Crippen LogP contribution < -0.4 is 0 Å². The van der Waals surface area contributed by atoms with E-state index in [4.69, 9.17) is 28.4 Å². The molecule has 5 atom stereocenters. The Morgan fingerprint density at radius 3 is 2.14 bits per heavy atom. The Hall–Kier alpha value is -3.12. The van der Waals surface area contributed by atoms with Crippen molar-refractivity contribution in [2.75, 3.05) is 12.4 Å². The van der Waals surface area contributed by atoms with Crippen molar-refractivity contribution in [2.24, 2.45) is 0 Å². The van der Waals surface area contributed by atoms with E-state index in [1.165, 1.54) is 6.92 Å². The van der Waals surface area contributed by atoms with Crippen LogP contribution in [0.25, 0.3) is 0 Å². The molecule has 1 fully saturated rings. The lowest BCUT2D eigenvalue weighted by Crippen LogP contribution is -2.63. The summed E-state index contributed by atoms with van der Waals surface area (Å²) in [5.41, 5.74) is 0.738. The van der Waals surface area contributed by atoms with Crippen LogP contribution in [0, 0.1) is 0 Å². The van der Waals surface area contributed by atoms with Gasteiger partial charge >= 0.3 is 29.8 Å². The van der Waals surface area contributed by atoms with Gasteiger partial charge in [-0.05, 0) is 11.3 Å². The van der Waals surface area contributed by atoms with E-state index in [1.807, 2.05) is 6.07 Å². The summed E-state index contributed by atoms with van der Waals surface area (Å²) in [7, 11) is 0. The largest absolute Gasteiger partial charge is 0.462 e. The van der Waals surface area contributed by atoms with Crippen molar-refractivity contribution < 1.29 is 52.4 Å². The van der Waals surface area contributed by atoms with Crippen LogP contribution in [0.3, 0.4) is 0 Å². The summed E-state index contributed by atoms with van der Waals surface area (Å²) in [4.78, 5) is 59.1. The van der Waals surface area contributed by atoms with E-state index >= 15 is 0 Å². The predicted molar refractivity (Wildman–Crippen MR) is 130 cm³/mol. The van der Waals surface area contributed by atoms with Gasteiger partial charge in [0.2, 0.25) is 4.93 Å². The molecule has 0 aromatic heterocycles. The third-order valence-electron chi connectivity index (χ3n) is 5.14. The zero-order valence-electron chi connectivity index (χ0n) is 21.4. The molecule has 0 radical (unpaired) electrons. The van der Waals surface area contributed by atoms with Gasteiger partial charge in [-0.3, -0.25) is 19.2 Å². The Balaban J connectivity index is 2.51. The number of ether oxygens (including phenoxy) is 6. The van der Waals surface area contributed by atoms with Crippen LogP contribution in [0.4, 0.5) is 0 Å². The molecule has 1 heterocycles. The minimum Gasteiger partial charge on any atom is -0.462 e. The molecule has 0 spiro atoms. The second kappa shape index (κ2) is 14.0. The first kappa shape index (κ1) is 30.1. The van der Waals surface area contributed by atoms with Gasteiger partial charge in [-0.25, -0.2) is 4.79 Å². The maximum atomic E-state index is 13.5. The van der Waals surface area contributed by atoms with E-state index in [9.17, 15) is 24.0 Å². The first-order valence-electron chi connectivity index (χ1n) is 11.6. The van der Waals surface area contributed by atoms with E-state index in [0.717, 1.165) is 38.1 Å². The van der Waals surface area contributed by atoms with Gasteiger partial charge < -0.3 is 28.4 Å². The summed E-state index contributed by atoms with van der Waals surface area (Å²) in [6, 6.07) is 8.99. The summed E-state index contributed by atoms with van der Waals surface area (Å²) in [5.74, 6) is -3.20. The Bertz CT molecular complexity index is 967. The summed E-state index contributed by atoms with van der Waals surface area (Å²) in [6.07, 6.45) is -5.32. The molecule has 1 aliphatic rings. The fraction of sp³-hybridized carbons (Fsp3) is 0.560. The lowest BCUT2D eigenvalue weighted by molar-refractivity contribution is -0.242. The predicted octanol–water partition coefficient (Wildman–Crippen LogP) is 2.33. The highest BCUT2D eigenvalue weighted by Gasteiger charge is 2.58. The first-order valence-corrected chi connectivity index (χ1v) is 12.6. The Morgan fingerprint density at radius 1 is 0.946 bits per heavy atom. The molecular formula is C25H32O11S. The van der Waals surface area contributed by atoms with Crippen molar-refractivity contribution >= 4 is 41.6 Å². The molecule has 37 heavy (non-hydrogen) atoms. The molecule has 0 bridgehead atoms. The van der Waals surface area contributed by atoms with E-state index in [-0.39, 0.29) is 13.0 Å². The molecule has 1 aromatic carbocycles. The molecule has 0 aliphatic carbocycles. The van der Waals surface area contributed by atoms with Gasteiger partial charge in [-0.2, -0.15) is 0 Å². The van der Waals surface area contributed by atoms with E-state index < -0.39 is 65.8 Å². The Labute approximate surface area is 219 Å². The average molecular weight is 541 g/mol. The monoisotopic (exact) mass is 540 g/mol. The number of hydrogen-bond acceptors (Lipinski definition) is 12. The number of carbonyl (C=O) groups is 5. The van der Waals surface area contributed by atoms with Gasteiger partial charge in [0.1, 0.15) is 25.4 Å². The average Bonchev–Trinajstić information content (AvgIpc) is 2.81. The minimum absolute atomic E-state index is 0.0495. The maximum Gasteiger partial charge on any atom is 0.349 e. The molecule has 0 amide bonds. The topological polar surface area (TPSA) is 141 Å². The Morgan fingerprint density at radius 2 is 1.59 bits per heavy atom. The number of benzene rings is 1. The Kier molecular flexibility index (Phi) is 11.4. The fourth-order valence-corrected chi connectivity index (χ4v) is 4.93. The van der Waals surface area contributed by atoms with Crippen LogP contribution in [0.1, 0.15) is 46.6 Å². The molecule has 0 saturated carbocycles. The molecule has 12 heteroatoms. The van der Waals surface area contributed by atoms with Crippen molar-refractivity contribution in [3.63, 3.8) is 0 Å². The van der Waals surface area contributed by atoms with Crippen molar-refractivity contribution in [1.82, 2.24) is 0 Å². The fourth-order valence-electron chi connectivity index (χ4n) is 3.83. The summed E-state index contributed by atoms with van der Waals surface area (Å²) >= 11 is 1.08. The first-order chi connectivity index (χ1) is 17.5. The highest BCUT2D eigenvalue weighted by Crippen LogP contribution is 2.43. The number of hydrogen-bond donors (Lipinski definition) is 0. The molecule has 1 aliphatic heterocycles. The SMILES string of the molecule is CCSC1(C(=O)OCc2ccccc2)C[C@@H](OC(C)=O)[C@@H](OC(C)=O)C([C@@H](COC(C)=O)OC(C)=O)O1. The van der Waals surface area contributed by atoms with Gasteiger partial charge in [-0.1, -0.05) is 37.3 Å². The molecule has 2 rings (SSSR count). The molecule has 0 N–H and O–H groups in total. The van der Waals surface area contributed by atoms with Gasteiger partial charge in [0, 0.05) is 34.1 Å². The van der Waals surface area contributed by atoms with Crippen LogP contribution in [-0.4, -0.2) is 71.6 Å². The van der Waals surface area contributed by atoms with Gasteiger partial charge in [0.05, 0.1) is 0 Å². The smallest absolute Gasteiger partial charge is 0.349 e. The van der Waals surface area contributed by atoms with Gasteiger partial charge in [0.25, 0.3) is 0 Å². The van der Waals surface area contributed by atoms with E-state index in [1.54, 1.807) is 31.2 Å². The third kappa shape index (κ3) is 9.04. The van der Waals surface area contributed by atoms with E-state index in [2.05, 4.69) is 0 Å². The van der Waals surface area contributed by atoms with Crippen molar-refractivity contribution in [2.45, 2.75) is 77.0 Å². The maximum absolute atomic E-state index is 13.5. The lowest BCUT2D eigenvalue weighted by Gasteiger charge is -2.47. The highest BCUT2D eigenvalue weighted by molar-refractivity contribution is 8.01. The molecule has 2 unspecified atom stereocenters. The van der Waals surface area contributed by atoms with Crippen LogP contribution in [0.2, 0.25) is 0 Å². The van der Waals surface area contributed by atoms with Crippen molar-refractivity contribution in [3.8, 4) is 0 Å². The van der Waals surface area contributed by atoms with Crippen LogP contribution in [0.15, 0.2) is 30.3 Å². The van der Waals surface area contributed by atoms with Crippen molar-refractivity contribution in [1.29, 1.82) is 0 Å². The second-order valence-electron chi connectivity index (χ2n) is 8.21. The van der Waals surface area contributed by atoms with E-state index in [0.29, 0.717) is 5.75 Å². The van der Waals surface area contributed by atoms with Gasteiger partial charge in [-0.15, -0.1) is 11.8 Å². The third-order valence-corrected chi connectivity index (χ3v) is 6.33. The number of thioether (sulfide) groups is 1. The van der Waals surface area contributed by atoms with Crippen LogP contribution in [-0.2, 0) is 59.0 Å². The summed E-state index contributed by atoms with van der Waals surface area (Å²) in [5, 5.41) is 0. The molecule has 1 aromatic rings. The second-order valence-corrected chi connectivity index (χ2v) is 9.73. The zero-order chi connectivity index (χ0) is 27.6. The number of carbonyl (C=O) groups excluding carboxylic acids is 5. The molecule has 11 nitrogen and oxygen atoms in total. The van der Waals surface area contributed by atoms with Crippen LogP contribution in [0.5, 0.6) is 0 Å². The minimum atomic E-state index is -1.72.